The molecule has 0 saturated heterocycles. The number of aromatic nitrogens is 6. The summed E-state index contributed by atoms with van der Waals surface area (Å²) >= 11 is 0. The van der Waals surface area contributed by atoms with Crippen LogP contribution in [0.2, 0.25) is 0 Å². The quantitative estimate of drug-likeness (QED) is 0.518. The van der Waals surface area contributed by atoms with E-state index in [0.717, 1.165) is 11.1 Å². The molecule has 0 radical (unpaired) electrons. The minimum Gasteiger partial charge on any atom is -0.364 e. The second-order valence-corrected chi connectivity index (χ2v) is 7.54. The summed E-state index contributed by atoms with van der Waals surface area (Å²) in [6.45, 7) is 0. The summed E-state index contributed by atoms with van der Waals surface area (Å²) in [6.07, 6.45) is 8.26. The van der Waals surface area contributed by atoms with Gasteiger partial charge in [-0.1, -0.05) is 5.16 Å². The monoisotopic (exact) mass is 413 g/mol. The number of carbonyl (C=O) groups excluding carboxylic acids is 1. The normalized spacial score (nSPS) is 20.1. The highest BCUT2D eigenvalue weighted by molar-refractivity contribution is 5.91. The molecule has 0 spiro atoms. The van der Waals surface area contributed by atoms with Gasteiger partial charge in [-0.25, -0.2) is 9.50 Å². The van der Waals surface area contributed by atoms with Crippen LogP contribution in [0.4, 0.5) is 0 Å². The predicted molar refractivity (Wildman–Crippen MR) is 105 cm³/mol. The highest BCUT2D eigenvalue weighted by Crippen LogP contribution is 2.46. The number of rotatable bonds is 5. The van der Waals surface area contributed by atoms with Crippen LogP contribution in [0, 0.1) is 28.6 Å². The molecule has 4 aromatic rings. The first-order valence-electron chi connectivity index (χ1n) is 9.46. The average molecular weight is 413 g/mol. The molecule has 0 aliphatic heterocycles. The molecule has 11 nitrogen and oxygen atoms in total. The summed E-state index contributed by atoms with van der Waals surface area (Å²) in [5.74, 6) is -0.498. The Labute approximate surface area is 175 Å². The Kier molecular flexibility index (Phi) is 4.05. The fraction of sp³-hybridized carbons (Fsp3) is 0.250. The van der Waals surface area contributed by atoms with Crippen LogP contribution in [0.5, 0.6) is 0 Å². The lowest BCUT2D eigenvalue weighted by Gasteiger charge is -2.43. The number of hydrogen-bond acceptors (Lipinski definition) is 8. The van der Waals surface area contributed by atoms with E-state index < -0.39 is 11.4 Å². The molecule has 152 valence electrons. The Morgan fingerprint density at radius 1 is 1.32 bits per heavy atom. The van der Waals surface area contributed by atoms with Crippen molar-refractivity contribution >= 4 is 11.4 Å². The van der Waals surface area contributed by atoms with Gasteiger partial charge in [-0.3, -0.25) is 9.48 Å². The Hall–Kier alpha value is -4.51. The van der Waals surface area contributed by atoms with Gasteiger partial charge in [0.25, 0.3) is 5.91 Å². The third-order valence-electron chi connectivity index (χ3n) is 5.59. The van der Waals surface area contributed by atoms with E-state index >= 15 is 0 Å². The van der Waals surface area contributed by atoms with Crippen LogP contribution in [0.25, 0.3) is 28.2 Å². The Balaban J connectivity index is 1.58. The zero-order valence-corrected chi connectivity index (χ0v) is 16.1. The Bertz CT molecular complexity index is 1390. The molecule has 1 aliphatic rings. The van der Waals surface area contributed by atoms with Crippen molar-refractivity contribution in [3.05, 3.63) is 42.6 Å². The lowest BCUT2D eigenvalue weighted by atomic mass is 9.67. The molecule has 1 saturated carbocycles. The number of nitrogens with two attached hydrogens (primary N) is 1. The third kappa shape index (κ3) is 2.91. The topological polar surface area (TPSA) is 165 Å². The minimum atomic E-state index is -0.698. The summed E-state index contributed by atoms with van der Waals surface area (Å²) in [5, 5.41) is 30.9. The summed E-state index contributed by atoms with van der Waals surface area (Å²) in [7, 11) is 0. The zero-order chi connectivity index (χ0) is 21.6. The lowest BCUT2D eigenvalue weighted by molar-refractivity contribution is 0.0881. The molecule has 11 heteroatoms. The van der Waals surface area contributed by atoms with Crippen LogP contribution in [-0.4, -0.2) is 35.4 Å². The van der Waals surface area contributed by atoms with Gasteiger partial charge in [0.05, 0.1) is 54.1 Å². The third-order valence-corrected chi connectivity index (χ3v) is 5.59. The molecule has 0 bridgehead atoms. The number of hydrogen-bond donors (Lipinski definition) is 1. The van der Waals surface area contributed by atoms with Gasteiger partial charge in [-0.2, -0.15) is 20.7 Å². The van der Waals surface area contributed by atoms with E-state index in [1.165, 1.54) is 6.07 Å². The second kappa shape index (κ2) is 6.78. The van der Waals surface area contributed by atoms with Gasteiger partial charge >= 0.3 is 0 Å². The molecule has 0 aromatic carbocycles. The van der Waals surface area contributed by atoms with E-state index in [1.54, 1.807) is 27.8 Å². The van der Waals surface area contributed by atoms with Gasteiger partial charge in [0.1, 0.15) is 11.4 Å². The molecule has 0 atom stereocenters. The molecule has 5 rings (SSSR count). The standard InChI is InChI=1S/C20H15N9O2/c21-3-2-20(6-12(7-20)8-22)29-10-13(9-25-29)18-16-1-4-24-28(16)11-15(26-18)17-5-14(19(23)30)27-31-17/h1,4-5,9-12H,2,6-7H2,(H2,23,30)/t12-,20-. The van der Waals surface area contributed by atoms with Crippen molar-refractivity contribution < 1.29 is 9.32 Å². The maximum absolute atomic E-state index is 11.3. The summed E-state index contributed by atoms with van der Waals surface area (Å²) < 4.78 is 8.63. The lowest BCUT2D eigenvalue weighted by Crippen LogP contribution is -2.46. The van der Waals surface area contributed by atoms with Crippen molar-refractivity contribution in [3.8, 4) is 34.8 Å². The number of nitrogens with zero attached hydrogens (tertiary/aromatic N) is 8. The van der Waals surface area contributed by atoms with E-state index in [2.05, 4.69) is 32.5 Å². The second-order valence-electron chi connectivity index (χ2n) is 7.54. The van der Waals surface area contributed by atoms with E-state index in [-0.39, 0.29) is 23.8 Å². The first kappa shape index (κ1) is 18.5. The summed E-state index contributed by atoms with van der Waals surface area (Å²) in [6, 6.07) is 7.71. The maximum atomic E-state index is 11.3. The van der Waals surface area contributed by atoms with Crippen LogP contribution >= 0.6 is 0 Å². The van der Waals surface area contributed by atoms with E-state index in [0.29, 0.717) is 24.2 Å². The van der Waals surface area contributed by atoms with Gasteiger partial charge in [0.2, 0.25) is 0 Å². The average Bonchev–Trinajstić information content (AvgIpc) is 3.49. The smallest absolute Gasteiger partial charge is 0.270 e. The van der Waals surface area contributed by atoms with Gasteiger partial charge in [0.15, 0.2) is 11.5 Å². The minimum absolute atomic E-state index is 0.00204. The molecule has 4 aromatic heterocycles. The number of amides is 1. The first-order chi connectivity index (χ1) is 15.0. The molecule has 1 fully saturated rings. The SMILES string of the molecule is N#CC[C@]1(n2cc(-c3nc(-c4cc(C(N)=O)no4)cn4nccc34)cn2)C[C@H](C#N)C1. The van der Waals surface area contributed by atoms with E-state index in [9.17, 15) is 10.1 Å². The highest BCUT2D eigenvalue weighted by atomic mass is 16.5. The molecule has 1 aliphatic carbocycles. The van der Waals surface area contributed by atoms with E-state index in [1.807, 2.05) is 12.3 Å². The van der Waals surface area contributed by atoms with Crippen LogP contribution < -0.4 is 5.73 Å². The van der Waals surface area contributed by atoms with Crippen LogP contribution in [-0.2, 0) is 5.54 Å². The van der Waals surface area contributed by atoms with Crippen molar-refractivity contribution in [1.29, 1.82) is 10.5 Å². The number of carbonyl (C=O) groups is 1. The largest absolute Gasteiger partial charge is 0.364 e. The first-order valence-corrected chi connectivity index (χ1v) is 9.46. The van der Waals surface area contributed by atoms with Gasteiger partial charge in [-0.15, -0.1) is 0 Å². The van der Waals surface area contributed by atoms with E-state index in [4.69, 9.17) is 15.5 Å². The zero-order valence-electron chi connectivity index (χ0n) is 16.1. The van der Waals surface area contributed by atoms with Crippen LogP contribution in [0.3, 0.4) is 0 Å². The Morgan fingerprint density at radius 2 is 2.16 bits per heavy atom. The molecular formula is C20H15N9O2. The molecule has 31 heavy (non-hydrogen) atoms. The van der Waals surface area contributed by atoms with Crippen molar-refractivity contribution in [3.63, 3.8) is 0 Å². The highest BCUT2D eigenvalue weighted by Gasteiger charge is 2.46. The van der Waals surface area contributed by atoms with Gasteiger partial charge in [0, 0.05) is 17.8 Å². The predicted octanol–water partition coefficient (Wildman–Crippen LogP) is 1.89. The number of fused-ring (bicyclic) bond motifs is 1. The fourth-order valence-electron chi connectivity index (χ4n) is 3.98. The van der Waals surface area contributed by atoms with Gasteiger partial charge in [-0.05, 0) is 18.9 Å². The molecule has 4 heterocycles. The van der Waals surface area contributed by atoms with Crippen LogP contribution in [0.1, 0.15) is 29.8 Å². The molecule has 2 N–H and O–H groups in total. The Morgan fingerprint density at radius 3 is 2.87 bits per heavy atom. The van der Waals surface area contributed by atoms with Crippen molar-refractivity contribution in [1.82, 2.24) is 29.5 Å². The van der Waals surface area contributed by atoms with Crippen molar-refractivity contribution in [2.24, 2.45) is 11.7 Å². The number of nitriles is 2. The molecular weight excluding hydrogens is 398 g/mol. The summed E-state index contributed by atoms with van der Waals surface area (Å²) in [5.41, 5.74) is 7.25. The van der Waals surface area contributed by atoms with Crippen LogP contribution in [0.15, 0.2) is 41.4 Å². The van der Waals surface area contributed by atoms with Crippen molar-refractivity contribution in [2.75, 3.05) is 0 Å². The molecule has 1 amide bonds. The molecule has 0 unspecified atom stereocenters. The fourth-order valence-corrected chi connectivity index (χ4v) is 3.98. The summed E-state index contributed by atoms with van der Waals surface area (Å²) in [4.78, 5) is 16.0. The number of primary amides is 1. The van der Waals surface area contributed by atoms with Crippen molar-refractivity contribution in [2.45, 2.75) is 24.8 Å². The van der Waals surface area contributed by atoms with Gasteiger partial charge < -0.3 is 10.3 Å². The maximum Gasteiger partial charge on any atom is 0.270 e.